The summed E-state index contributed by atoms with van der Waals surface area (Å²) in [6.45, 7) is 0.933. The molecule has 1 aromatic heterocycles. The van der Waals surface area contributed by atoms with Gasteiger partial charge in [0.1, 0.15) is 12.3 Å². The number of ether oxygens (including phenoxy) is 1. The molecule has 18 heavy (non-hydrogen) atoms. The fourth-order valence-corrected chi connectivity index (χ4v) is 1.05. The third-order valence-corrected chi connectivity index (χ3v) is 1.81. The van der Waals surface area contributed by atoms with Gasteiger partial charge in [0.05, 0.1) is 6.42 Å². The Kier molecular flexibility index (Phi) is 4.43. The van der Waals surface area contributed by atoms with Gasteiger partial charge >= 0.3 is 12.2 Å². The lowest BCUT2D eigenvalue weighted by molar-refractivity contribution is -0.139. The third kappa shape index (κ3) is 4.53. The normalized spacial score (nSPS) is 11.2. The molecule has 0 unspecified atom stereocenters. The fraction of sp³-hybridized carbons (Fsp3) is 0.444. The van der Waals surface area contributed by atoms with Gasteiger partial charge in [-0.05, 0) is 13.0 Å². The SMILES string of the molecule is Cc1cc(C(=O)NN)nc(OCCC(F)(F)F)n1. The summed E-state index contributed by atoms with van der Waals surface area (Å²) in [4.78, 5) is 18.6. The molecular formula is C9H11F3N4O2. The molecule has 9 heteroatoms. The second kappa shape index (κ2) is 5.63. The molecule has 0 atom stereocenters. The zero-order valence-corrected chi connectivity index (χ0v) is 9.41. The fourth-order valence-electron chi connectivity index (χ4n) is 1.05. The van der Waals surface area contributed by atoms with Crippen LogP contribution in [-0.2, 0) is 0 Å². The summed E-state index contributed by atoms with van der Waals surface area (Å²) in [6, 6.07) is 1.04. The van der Waals surface area contributed by atoms with Gasteiger partial charge in [-0.15, -0.1) is 0 Å². The van der Waals surface area contributed by atoms with E-state index in [0.29, 0.717) is 5.69 Å². The number of nitrogens with two attached hydrogens (primary N) is 1. The van der Waals surface area contributed by atoms with Gasteiger partial charge in [0.15, 0.2) is 0 Å². The van der Waals surface area contributed by atoms with Crippen LogP contribution in [0.25, 0.3) is 0 Å². The lowest BCUT2D eigenvalue weighted by Crippen LogP contribution is -2.31. The first-order chi connectivity index (χ1) is 8.31. The van der Waals surface area contributed by atoms with Crippen LogP contribution < -0.4 is 16.0 Å². The van der Waals surface area contributed by atoms with E-state index in [2.05, 4.69) is 9.97 Å². The Labute approximate surface area is 100 Å². The Balaban J connectivity index is 2.71. The Morgan fingerprint density at radius 1 is 1.50 bits per heavy atom. The van der Waals surface area contributed by atoms with Crippen molar-refractivity contribution >= 4 is 5.91 Å². The number of amides is 1. The monoisotopic (exact) mass is 264 g/mol. The van der Waals surface area contributed by atoms with Crippen LogP contribution in [0.3, 0.4) is 0 Å². The van der Waals surface area contributed by atoms with E-state index in [0.717, 1.165) is 0 Å². The highest BCUT2D eigenvalue weighted by atomic mass is 19.4. The summed E-state index contributed by atoms with van der Waals surface area (Å²) >= 11 is 0. The minimum Gasteiger partial charge on any atom is -0.463 e. The number of hydrogen-bond donors (Lipinski definition) is 2. The van der Waals surface area contributed by atoms with E-state index in [1.807, 2.05) is 5.43 Å². The number of hydrazine groups is 1. The first-order valence-electron chi connectivity index (χ1n) is 4.88. The summed E-state index contributed by atoms with van der Waals surface area (Å²) in [5.74, 6) is 4.23. The molecule has 0 spiro atoms. The quantitative estimate of drug-likeness (QED) is 0.475. The molecule has 0 saturated heterocycles. The number of carbonyl (C=O) groups is 1. The molecular weight excluding hydrogens is 253 g/mol. The van der Waals surface area contributed by atoms with Crippen LogP contribution in [-0.4, -0.2) is 28.7 Å². The molecule has 0 aliphatic heterocycles. The van der Waals surface area contributed by atoms with Crippen molar-refractivity contribution in [3.05, 3.63) is 17.5 Å². The van der Waals surface area contributed by atoms with Crippen LogP contribution in [0.1, 0.15) is 22.6 Å². The number of rotatable bonds is 4. The van der Waals surface area contributed by atoms with Crippen molar-refractivity contribution in [3.63, 3.8) is 0 Å². The third-order valence-electron chi connectivity index (χ3n) is 1.81. The molecule has 0 aromatic carbocycles. The van der Waals surface area contributed by atoms with E-state index in [9.17, 15) is 18.0 Å². The van der Waals surface area contributed by atoms with E-state index in [1.54, 1.807) is 6.92 Å². The van der Waals surface area contributed by atoms with Gasteiger partial charge in [-0.3, -0.25) is 10.2 Å². The average Bonchev–Trinajstić information content (AvgIpc) is 2.25. The van der Waals surface area contributed by atoms with Crippen molar-refractivity contribution in [1.29, 1.82) is 0 Å². The maximum atomic E-state index is 11.9. The molecule has 3 N–H and O–H groups in total. The number of aryl methyl sites for hydroxylation is 1. The van der Waals surface area contributed by atoms with Crippen LogP contribution >= 0.6 is 0 Å². The summed E-state index contributed by atoms with van der Waals surface area (Å²) < 4.78 is 40.4. The number of halogens is 3. The number of aromatic nitrogens is 2. The van der Waals surface area contributed by atoms with E-state index < -0.39 is 25.1 Å². The highest BCUT2D eigenvalue weighted by Gasteiger charge is 2.27. The number of nitrogens with zero attached hydrogens (tertiary/aromatic N) is 2. The molecule has 0 fully saturated rings. The number of nitrogens with one attached hydrogen (secondary N) is 1. The lowest BCUT2D eigenvalue weighted by atomic mass is 10.3. The maximum Gasteiger partial charge on any atom is 0.392 e. The molecule has 0 saturated carbocycles. The van der Waals surface area contributed by atoms with Gasteiger partial charge in [-0.1, -0.05) is 0 Å². The molecule has 1 aromatic rings. The predicted octanol–water partition coefficient (Wildman–Crippen LogP) is 0.720. The maximum absolute atomic E-state index is 11.9. The Morgan fingerprint density at radius 2 is 2.17 bits per heavy atom. The van der Waals surface area contributed by atoms with Crippen LogP contribution in [0.15, 0.2) is 6.07 Å². The molecule has 1 rings (SSSR count). The van der Waals surface area contributed by atoms with Gasteiger partial charge < -0.3 is 4.74 Å². The second-order valence-corrected chi connectivity index (χ2v) is 3.36. The molecule has 1 heterocycles. The van der Waals surface area contributed by atoms with Gasteiger partial charge in [0.2, 0.25) is 0 Å². The molecule has 1 amide bonds. The van der Waals surface area contributed by atoms with Gasteiger partial charge in [0, 0.05) is 5.69 Å². The summed E-state index contributed by atoms with van der Waals surface area (Å²) in [5, 5.41) is 0. The summed E-state index contributed by atoms with van der Waals surface area (Å²) in [7, 11) is 0. The number of nitrogen functional groups attached to an aromatic ring is 1. The standard InChI is InChI=1S/C9H11F3N4O2/c1-5-4-6(7(17)16-13)15-8(14-5)18-3-2-9(10,11)12/h4H,2-3,13H2,1H3,(H,16,17). The Bertz CT molecular complexity index is 436. The first kappa shape index (κ1) is 14.2. The smallest absolute Gasteiger partial charge is 0.392 e. The second-order valence-electron chi connectivity index (χ2n) is 3.36. The summed E-state index contributed by atoms with van der Waals surface area (Å²) in [6.07, 6.45) is -5.44. The molecule has 0 bridgehead atoms. The van der Waals surface area contributed by atoms with Crippen molar-refractivity contribution in [2.24, 2.45) is 5.84 Å². The van der Waals surface area contributed by atoms with Crippen molar-refractivity contribution < 1.29 is 22.7 Å². The predicted molar refractivity (Wildman–Crippen MR) is 54.6 cm³/mol. The largest absolute Gasteiger partial charge is 0.463 e. The minimum atomic E-state index is -4.32. The van der Waals surface area contributed by atoms with E-state index in [1.165, 1.54) is 6.07 Å². The highest BCUT2D eigenvalue weighted by molar-refractivity contribution is 5.91. The van der Waals surface area contributed by atoms with E-state index in [4.69, 9.17) is 10.6 Å². The van der Waals surface area contributed by atoms with Crippen molar-refractivity contribution in [2.45, 2.75) is 19.5 Å². The number of alkyl halides is 3. The van der Waals surface area contributed by atoms with E-state index >= 15 is 0 Å². The highest BCUT2D eigenvalue weighted by Crippen LogP contribution is 2.19. The average molecular weight is 264 g/mol. The van der Waals surface area contributed by atoms with Gasteiger partial charge in [-0.25, -0.2) is 10.8 Å². The van der Waals surface area contributed by atoms with Crippen LogP contribution in [0.2, 0.25) is 0 Å². The van der Waals surface area contributed by atoms with Crippen LogP contribution in [0, 0.1) is 6.92 Å². The summed E-state index contributed by atoms with van der Waals surface area (Å²) in [5.41, 5.74) is 2.15. The topological polar surface area (TPSA) is 90.1 Å². The lowest BCUT2D eigenvalue weighted by Gasteiger charge is -2.08. The van der Waals surface area contributed by atoms with Crippen molar-refractivity contribution in [2.75, 3.05) is 6.61 Å². The van der Waals surface area contributed by atoms with Crippen molar-refractivity contribution in [3.8, 4) is 6.01 Å². The van der Waals surface area contributed by atoms with Gasteiger partial charge in [-0.2, -0.15) is 18.2 Å². The zero-order chi connectivity index (χ0) is 13.8. The Hall–Kier alpha value is -1.90. The van der Waals surface area contributed by atoms with Crippen LogP contribution in [0.5, 0.6) is 6.01 Å². The Morgan fingerprint density at radius 3 is 2.72 bits per heavy atom. The van der Waals surface area contributed by atoms with Crippen molar-refractivity contribution in [1.82, 2.24) is 15.4 Å². The number of carbonyl (C=O) groups excluding carboxylic acids is 1. The molecule has 0 aliphatic rings. The van der Waals surface area contributed by atoms with E-state index in [-0.39, 0.29) is 11.7 Å². The molecule has 100 valence electrons. The molecule has 0 radical (unpaired) electrons. The molecule has 0 aliphatic carbocycles. The number of hydrogen-bond acceptors (Lipinski definition) is 5. The minimum absolute atomic E-state index is 0.0768. The van der Waals surface area contributed by atoms with Crippen LogP contribution in [0.4, 0.5) is 13.2 Å². The zero-order valence-electron chi connectivity index (χ0n) is 9.41. The van der Waals surface area contributed by atoms with Gasteiger partial charge in [0.25, 0.3) is 5.91 Å². The first-order valence-corrected chi connectivity index (χ1v) is 4.88. The molecule has 6 nitrogen and oxygen atoms in total.